The van der Waals surface area contributed by atoms with E-state index in [0.29, 0.717) is 39.3 Å². The predicted octanol–water partition coefficient (Wildman–Crippen LogP) is 3.16. The first-order valence-electron chi connectivity index (χ1n) is 11.2. The Labute approximate surface area is 197 Å². The van der Waals surface area contributed by atoms with Crippen LogP contribution >= 0.6 is 12.6 Å². The Balaban J connectivity index is 2.49. The molecule has 0 unspecified atom stereocenters. The molecule has 0 radical (unpaired) electrons. The summed E-state index contributed by atoms with van der Waals surface area (Å²) in [5.74, 6) is -1.75. The van der Waals surface area contributed by atoms with Crippen molar-refractivity contribution in [1.29, 1.82) is 0 Å². The highest BCUT2D eigenvalue weighted by Gasteiger charge is 2.27. The van der Waals surface area contributed by atoms with Crippen molar-refractivity contribution in [3.63, 3.8) is 0 Å². The molecule has 0 amide bonds. The maximum atomic E-state index is 11.4. The van der Waals surface area contributed by atoms with Crippen molar-refractivity contribution in [2.24, 2.45) is 0 Å². The zero-order valence-electron chi connectivity index (χ0n) is 20.3. The van der Waals surface area contributed by atoms with Crippen molar-refractivity contribution < 1.29 is 19.8 Å². The maximum absolute atomic E-state index is 11.4. The summed E-state index contributed by atoms with van der Waals surface area (Å²) < 4.78 is 0. The van der Waals surface area contributed by atoms with Crippen LogP contribution in [0.3, 0.4) is 0 Å². The van der Waals surface area contributed by atoms with Crippen LogP contribution < -0.4 is 4.90 Å². The number of hydrogen-bond acceptors (Lipinski definition) is 6. The van der Waals surface area contributed by atoms with Crippen molar-refractivity contribution in [2.75, 3.05) is 57.3 Å². The standard InChI is InChI=1S/C24H39N3O4S/c1-23(2,3)17-13-18(24(4,5)6)22(32)19(14-17)27-11-9-25(15-20(28)29)7-8-26(10-12-27)16-21(30)31/h13-14,32H,7-12,15-16H2,1-6H3,(H,28,29)(H,30,31). The maximum Gasteiger partial charge on any atom is 0.317 e. The summed E-state index contributed by atoms with van der Waals surface area (Å²) in [5, 5.41) is 18.6. The van der Waals surface area contributed by atoms with Gasteiger partial charge < -0.3 is 15.1 Å². The van der Waals surface area contributed by atoms with Crippen molar-refractivity contribution >= 4 is 30.3 Å². The van der Waals surface area contributed by atoms with Crippen molar-refractivity contribution in [1.82, 2.24) is 9.80 Å². The van der Waals surface area contributed by atoms with Gasteiger partial charge in [0, 0.05) is 44.2 Å². The van der Waals surface area contributed by atoms with E-state index in [1.54, 1.807) is 0 Å². The average molecular weight is 466 g/mol. The first kappa shape index (κ1) is 26.5. The van der Waals surface area contributed by atoms with Gasteiger partial charge in [-0.15, -0.1) is 12.6 Å². The fourth-order valence-corrected chi connectivity index (χ4v) is 4.55. The molecule has 0 spiro atoms. The van der Waals surface area contributed by atoms with Crippen LogP contribution in [0.1, 0.15) is 52.7 Å². The topological polar surface area (TPSA) is 84.3 Å². The van der Waals surface area contributed by atoms with Crippen LogP contribution in [0.5, 0.6) is 0 Å². The van der Waals surface area contributed by atoms with Crippen LogP contribution in [0.2, 0.25) is 0 Å². The number of nitrogens with zero attached hydrogens (tertiary/aromatic N) is 3. The third-order valence-electron chi connectivity index (χ3n) is 5.93. The summed E-state index contributed by atoms with van der Waals surface area (Å²) in [5.41, 5.74) is 3.30. The SMILES string of the molecule is CC(C)(C)c1cc(N2CCN(CC(=O)O)CCN(CC(=O)O)CC2)c(S)c(C(C)(C)C)c1. The number of carboxylic acid groups (broad SMARTS) is 2. The minimum Gasteiger partial charge on any atom is -0.480 e. The highest BCUT2D eigenvalue weighted by atomic mass is 32.1. The quantitative estimate of drug-likeness (QED) is 0.576. The molecule has 1 aliphatic heterocycles. The van der Waals surface area contributed by atoms with Gasteiger partial charge in [0.15, 0.2) is 0 Å². The van der Waals surface area contributed by atoms with Crippen LogP contribution in [0.4, 0.5) is 5.69 Å². The Morgan fingerprint density at radius 2 is 1.25 bits per heavy atom. The summed E-state index contributed by atoms with van der Waals surface area (Å²) in [6.07, 6.45) is 0. The van der Waals surface area contributed by atoms with Gasteiger partial charge in [-0.3, -0.25) is 19.4 Å². The molecular formula is C24H39N3O4S. The number of hydrogen-bond donors (Lipinski definition) is 3. The Bertz CT molecular complexity index is 802. The molecule has 0 bridgehead atoms. The fourth-order valence-electron chi connectivity index (χ4n) is 3.95. The van der Waals surface area contributed by atoms with Gasteiger partial charge in [0.25, 0.3) is 0 Å². The van der Waals surface area contributed by atoms with Gasteiger partial charge in [-0.25, -0.2) is 0 Å². The third-order valence-corrected chi connectivity index (χ3v) is 6.40. The lowest BCUT2D eigenvalue weighted by atomic mass is 9.80. The van der Waals surface area contributed by atoms with E-state index in [2.05, 4.69) is 58.6 Å². The van der Waals surface area contributed by atoms with Crippen LogP contribution in [-0.4, -0.2) is 84.3 Å². The second kappa shape index (κ2) is 10.4. The van der Waals surface area contributed by atoms with Gasteiger partial charge in [0.1, 0.15) is 0 Å². The van der Waals surface area contributed by atoms with E-state index in [0.717, 1.165) is 10.6 Å². The number of rotatable bonds is 5. The molecule has 2 N–H and O–H groups in total. The molecule has 0 aromatic heterocycles. The van der Waals surface area contributed by atoms with E-state index >= 15 is 0 Å². The predicted molar refractivity (Wildman–Crippen MR) is 131 cm³/mol. The molecule has 0 atom stereocenters. The van der Waals surface area contributed by atoms with Crippen molar-refractivity contribution in [3.8, 4) is 0 Å². The monoisotopic (exact) mass is 465 g/mol. The first-order valence-corrected chi connectivity index (χ1v) is 11.6. The minimum absolute atomic E-state index is 0.0411. The summed E-state index contributed by atoms with van der Waals surface area (Å²) >= 11 is 4.95. The van der Waals surface area contributed by atoms with Gasteiger partial charge in [0.2, 0.25) is 0 Å². The Kier molecular flexibility index (Phi) is 8.64. The molecule has 1 fully saturated rings. The van der Waals surface area contributed by atoms with Crippen LogP contribution in [0.25, 0.3) is 0 Å². The molecule has 0 saturated carbocycles. The van der Waals surface area contributed by atoms with E-state index in [9.17, 15) is 19.8 Å². The molecule has 7 nitrogen and oxygen atoms in total. The summed E-state index contributed by atoms with van der Waals surface area (Å²) in [6.45, 7) is 16.5. The number of carboxylic acids is 2. The molecule has 1 saturated heterocycles. The molecule has 32 heavy (non-hydrogen) atoms. The van der Waals surface area contributed by atoms with E-state index < -0.39 is 11.9 Å². The Hall–Kier alpha value is -1.77. The normalized spacial score (nSPS) is 17.5. The van der Waals surface area contributed by atoms with E-state index in [1.165, 1.54) is 11.1 Å². The van der Waals surface area contributed by atoms with Gasteiger partial charge >= 0.3 is 11.9 Å². The largest absolute Gasteiger partial charge is 0.480 e. The second-order valence-electron chi connectivity index (χ2n) is 10.7. The summed E-state index contributed by atoms with van der Waals surface area (Å²) in [7, 11) is 0. The highest BCUT2D eigenvalue weighted by molar-refractivity contribution is 7.80. The molecular weight excluding hydrogens is 426 g/mol. The smallest absolute Gasteiger partial charge is 0.317 e. The third kappa shape index (κ3) is 7.39. The van der Waals surface area contributed by atoms with Crippen LogP contribution in [0, 0.1) is 0 Å². The summed E-state index contributed by atoms with van der Waals surface area (Å²) in [4.78, 5) is 29.6. The van der Waals surface area contributed by atoms with E-state index in [4.69, 9.17) is 12.6 Å². The molecule has 2 rings (SSSR count). The lowest BCUT2D eigenvalue weighted by molar-refractivity contribution is -0.140. The lowest BCUT2D eigenvalue weighted by Gasteiger charge is -2.34. The lowest BCUT2D eigenvalue weighted by Crippen LogP contribution is -2.40. The van der Waals surface area contributed by atoms with Crippen molar-refractivity contribution in [3.05, 3.63) is 23.3 Å². The zero-order valence-corrected chi connectivity index (χ0v) is 21.2. The number of benzene rings is 1. The molecule has 1 aromatic carbocycles. The molecule has 1 aliphatic rings. The molecule has 8 heteroatoms. The minimum atomic E-state index is -0.875. The Morgan fingerprint density at radius 1 is 0.812 bits per heavy atom. The molecule has 1 aromatic rings. The van der Waals surface area contributed by atoms with Gasteiger partial charge in [-0.05, 0) is 28.0 Å². The van der Waals surface area contributed by atoms with Crippen molar-refractivity contribution in [2.45, 2.75) is 57.3 Å². The van der Waals surface area contributed by atoms with Crippen LogP contribution in [0.15, 0.2) is 17.0 Å². The number of carbonyl (C=O) groups is 2. The molecule has 0 aliphatic carbocycles. The number of aliphatic carboxylic acids is 2. The average Bonchev–Trinajstić information content (AvgIpc) is 2.71. The van der Waals surface area contributed by atoms with E-state index in [-0.39, 0.29) is 23.9 Å². The fraction of sp³-hybridized carbons (Fsp3) is 0.667. The highest BCUT2D eigenvalue weighted by Crippen LogP contribution is 2.39. The molecule has 1 heterocycles. The molecule has 180 valence electrons. The zero-order chi connectivity index (χ0) is 24.3. The van der Waals surface area contributed by atoms with Gasteiger partial charge in [-0.2, -0.15) is 0 Å². The number of thiol groups is 1. The summed E-state index contributed by atoms with van der Waals surface area (Å²) in [6, 6.07) is 4.44. The first-order chi connectivity index (χ1) is 14.7. The van der Waals surface area contributed by atoms with Crippen LogP contribution in [-0.2, 0) is 20.4 Å². The Morgan fingerprint density at radius 3 is 1.62 bits per heavy atom. The van der Waals surface area contributed by atoms with E-state index in [1.807, 2.05) is 9.80 Å². The number of anilines is 1. The van der Waals surface area contributed by atoms with Gasteiger partial charge in [0.05, 0.1) is 18.8 Å². The van der Waals surface area contributed by atoms with Gasteiger partial charge in [-0.1, -0.05) is 47.6 Å². The second-order valence-corrected chi connectivity index (χ2v) is 11.2.